The SMILES string of the molecule is COc1ccc(S(=O)(=O)Nc2ccc(C)cc2)cc1N(C)S(C)(=O)=O. The maximum Gasteiger partial charge on any atom is 0.261 e. The lowest BCUT2D eigenvalue weighted by Crippen LogP contribution is -2.25. The molecular formula is C16H20N2O5S2. The molecule has 1 N–H and O–H groups in total. The first-order valence-electron chi connectivity index (χ1n) is 7.26. The van der Waals surface area contributed by atoms with Crippen molar-refractivity contribution >= 4 is 31.4 Å². The molecule has 0 aliphatic heterocycles. The van der Waals surface area contributed by atoms with Crippen molar-refractivity contribution in [3.05, 3.63) is 48.0 Å². The van der Waals surface area contributed by atoms with Crippen molar-refractivity contribution in [2.75, 3.05) is 29.4 Å². The summed E-state index contributed by atoms with van der Waals surface area (Å²) in [5.41, 5.74) is 1.56. The van der Waals surface area contributed by atoms with Crippen molar-refractivity contribution in [2.45, 2.75) is 11.8 Å². The maximum atomic E-state index is 12.6. The number of aryl methyl sites for hydroxylation is 1. The second-order valence-electron chi connectivity index (χ2n) is 5.54. The summed E-state index contributed by atoms with van der Waals surface area (Å²) in [5.74, 6) is 0.252. The van der Waals surface area contributed by atoms with E-state index in [2.05, 4.69) is 4.72 Å². The molecule has 0 amide bonds. The standard InChI is InChI=1S/C16H20N2O5S2/c1-12-5-7-13(8-6-12)17-25(21,22)14-9-10-16(23-3)15(11-14)18(2)24(4,19)20/h5-11,17H,1-4H3. The van der Waals surface area contributed by atoms with Crippen molar-refractivity contribution in [3.8, 4) is 5.75 Å². The van der Waals surface area contributed by atoms with Gasteiger partial charge >= 0.3 is 0 Å². The molecule has 0 aliphatic carbocycles. The van der Waals surface area contributed by atoms with Crippen LogP contribution in [0.25, 0.3) is 0 Å². The molecule has 0 fully saturated rings. The highest BCUT2D eigenvalue weighted by molar-refractivity contribution is 7.93. The minimum absolute atomic E-state index is 0.0700. The molecule has 136 valence electrons. The van der Waals surface area contributed by atoms with E-state index in [4.69, 9.17) is 4.74 Å². The van der Waals surface area contributed by atoms with E-state index >= 15 is 0 Å². The Morgan fingerprint density at radius 3 is 2.12 bits per heavy atom. The van der Waals surface area contributed by atoms with Gasteiger partial charge in [-0.2, -0.15) is 0 Å². The Kier molecular flexibility index (Phi) is 5.28. The molecule has 0 saturated carbocycles. The van der Waals surface area contributed by atoms with E-state index in [-0.39, 0.29) is 16.3 Å². The molecule has 0 aromatic heterocycles. The third-order valence-electron chi connectivity index (χ3n) is 3.60. The molecule has 0 bridgehead atoms. The lowest BCUT2D eigenvalue weighted by Gasteiger charge is -2.20. The molecule has 2 aromatic rings. The van der Waals surface area contributed by atoms with E-state index in [1.165, 1.54) is 32.4 Å². The van der Waals surface area contributed by atoms with Gasteiger partial charge in [-0.1, -0.05) is 17.7 Å². The third kappa shape index (κ3) is 4.43. The zero-order valence-corrected chi connectivity index (χ0v) is 16.0. The highest BCUT2D eigenvalue weighted by Gasteiger charge is 2.21. The summed E-state index contributed by atoms with van der Waals surface area (Å²) in [6.07, 6.45) is 1.03. The first-order chi connectivity index (χ1) is 11.5. The third-order valence-corrected chi connectivity index (χ3v) is 6.17. The normalized spacial score (nSPS) is 11.8. The van der Waals surface area contributed by atoms with E-state index in [0.717, 1.165) is 16.1 Å². The minimum atomic E-state index is -3.88. The predicted molar refractivity (Wildman–Crippen MR) is 98.2 cm³/mol. The lowest BCUT2D eigenvalue weighted by molar-refractivity contribution is 0.415. The van der Waals surface area contributed by atoms with Crippen LogP contribution in [0.2, 0.25) is 0 Å². The van der Waals surface area contributed by atoms with Gasteiger partial charge in [-0.15, -0.1) is 0 Å². The Balaban J connectivity index is 2.46. The summed E-state index contributed by atoms with van der Waals surface area (Å²) in [6, 6.07) is 10.9. The average Bonchev–Trinajstić information content (AvgIpc) is 2.54. The Bertz CT molecular complexity index is 968. The average molecular weight is 384 g/mol. The van der Waals surface area contributed by atoms with Gasteiger partial charge in [0.2, 0.25) is 10.0 Å². The fourth-order valence-electron chi connectivity index (χ4n) is 2.10. The fourth-order valence-corrected chi connectivity index (χ4v) is 3.68. The van der Waals surface area contributed by atoms with Crippen LogP contribution in [-0.2, 0) is 20.0 Å². The Hall–Kier alpha value is -2.26. The quantitative estimate of drug-likeness (QED) is 0.824. The molecule has 0 radical (unpaired) electrons. The van der Waals surface area contributed by atoms with Crippen LogP contribution < -0.4 is 13.8 Å². The molecule has 0 atom stereocenters. The summed E-state index contributed by atoms with van der Waals surface area (Å²) in [4.78, 5) is -0.0700. The van der Waals surface area contributed by atoms with Crippen LogP contribution in [0.3, 0.4) is 0 Å². The van der Waals surface area contributed by atoms with E-state index in [1.807, 2.05) is 6.92 Å². The second kappa shape index (κ2) is 6.93. The van der Waals surface area contributed by atoms with Gasteiger partial charge in [0.25, 0.3) is 10.0 Å². The largest absolute Gasteiger partial charge is 0.495 e. The number of methoxy groups -OCH3 is 1. The number of anilines is 2. The smallest absolute Gasteiger partial charge is 0.261 e. The Labute approximate surface area is 148 Å². The van der Waals surface area contributed by atoms with Crippen LogP contribution in [0, 0.1) is 6.92 Å². The number of hydrogen-bond acceptors (Lipinski definition) is 5. The molecular weight excluding hydrogens is 364 g/mol. The highest BCUT2D eigenvalue weighted by atomic mass is 32.2. The van der Waals surface area contributed by atoms with Crippen molar-refractivity contribution in [2.24, 2.45) is 0 Å². The molecule has 0 spiro atoms. The molecule has 7 nitrogen and oxygen atoms in total. The predicted octanol–water partition coefficient (Wildman–Crippen LogP) is 2.20. The number of benzene rings is 2. The van der Waals surface area contributed by atoms with Gasteiger partial charge in [-0.3, -0.25) is 9.03 Å². The fraction of sp³-hybridized carbons (Fsp3) is 0.250. The first-order valence-corrected chi connectivity index (χ1v) is 10.6. The zero-order chi connectivity index (χ0) is 18.8. The monoisotopic (exact) mass is 384 g/mol. The molecule has 25 heavy (non-hydrogen) atoms. The Morgan fingerprint density at radius 1 is 1.00 bits per heavy atom. The van der Waals surface area contributed by atoms with Crippen LogP contribution in [0.1, 0.15) is 5.56 Å². The van der Waals surface area contributed by atoms with Gasteiger partial charge in [0.05, 0.1) is 23.9 Å². The zero-order valence-electron chi connectivity index (χ0n) is 14.3. The summed E-state index contributed by atoms with van der Waals surface area (Å²) >= 11 is 0. The van der Waals surface area contributed by atoms with Crippen LogP contribution in [0.5, 0.6) is 5.75 Å². The molecule has 2 rings (SSSR count). The van der Waals surface area contributed by atoms with E-state index < -0.39 is 20.0 Å². The summed E-state index contributed by atoms with van der Waals surface area (Å²) in [6.45, 7) is 1.90. The number of hydrogen-bond donors (Lipinski definition) is 1. The number of ether oxygens (including phenoxy) is 1. The van der Waals surface area contributed by atoms with Gasteiger partial charge in [-0.05, 0) is 37.3 Å². The van der Waals surface area contributed by atoms with Crippen molar-refractivity contribution in [3.63, 3.8) is 0 Å². The van der Waals surface area contributed by atoms with Gasteiger partial charge in [0.15, 0.2) is 0 Å². The molecule has 0 unspecified atom stereocenters. The van der Waals surface area contributed by atoms with E-state index in [0.29, 0.717) is 5.69 Å². The van der Waals surface area contributed by atoms with Gasteiger partial charge in [0.1, 0.15) is 5.75 Å². The summed E-state index contributed by atoms with van der Waals surface area (Å²) in [7, 11) is -4.74. The topological polar surface area (TPSA) is 92.8 Å². The molecule has 9 heteroatoms. The van der Waals surface area contributed by atoms with Crippen LogP contribution in [0.15, 0.2) is 47.4 Å². The second-order valence-corrected chi connectivity index (χ2v) is 9.23. The van der Waals surface area contributed by atoms with Crippen molar-refractivity contribution < 1.29 is 21.6 Å². The van der Waals surface area contributed by atoms with Gasteiger partial charge < -0.3 is 4.74 Å². The van der Waals surface area contributed by atoms with Gasteiger partial charge in [-0.25, -0.2) is 16.8 Å². The minimum Gasteiger partial charge on any atom is -0.495 e. The van der Waals surface area contributed by atoms with Crippen molar-refractivity contribution in [1.82, 2.24) is 0 Å². The maximum absolute atomic E-state index is 12.6. The van der Waals surface area contributed by atoms with Crippen LogP contribution in [-0.4, -0.2) is 37.2 Å². The van der Waals surface area contributed by atoms with Crippen LogP contribution >= 0.6 is 0 Å². The number of nitrogens with one attached hydrogen (secondary N) is 1. The number of sulfonamides is 2. The number of rotatable bonds is 6. The van der Waals surface area contributed by atoms with Gasteiger partial charge in [0, 0.05) is 12.7 Å². The number of nitrogens with zero attached hydrogens (tertiary/aromatic N) is 1. The first kappa shape index (κ1) is 19.1. The van der Waals surface area contributed by atoms with E-state index in [9.17, 15) is 16.8 Å². The summed E-state index contributed by atoms with van der Waals surface area (Å²) < 4.78 is 57.3. The molecule has 0 aliphatic rings. The molecule has 0 saturated heterocycles. The van der Waals surface area contributed by atoms with Crippen molar-refractivity contribution in [1.29, 1.82) is 0 Å². The van der Waals surface area contributed by atoms with Crippen LogP contribution in [0.4, 0.5) is 11.4 Å². The summed E-state index contributed by atoms with van der Waals surface area (Å²) in [5, 5.41) is 0. The molecule has 0 heterocycles. The molecule has 2 aromatic carbocycles. The Morgan fingerprint density at radius 2 is 1.60 bits per heavy atom. The highest BCUT2D eigenvalue weighted by Crippen LogP contribution is 2.32. The van der Waals surface area contributed by atoms with E-state index in [1.54, 1.807) is 24.3 Å². The lowest BCUT2D eigenvalue weighted by atomic mass is 10.2.